The highest BCUT2D eigenvalue weighted by Crippen LogP contribution is 2.57. The predicted molar refractivity (Wildman–Crippen MR) is 188 cm³/mol. The molecule has 236 valence electrons. The molecule has 0 amide bonds. The lowest BCUT2D eigenvalue weighted by atomic mass is 9.51. The molecule has 0 aromatic heterocycles. The molecular weight excluding hydrogens is 592 g/mol. The largest absolute Gasteiger partial charge is 0.453 e. The summed E-state index contributed by atoms with van der Waals surface area (Å²) in [7, 11) is 0. The molecule has 0 N–H and O–H groups in total. The van der Waals surface area contributed by atoms with Crippen LogP contribution in [0.3, 0.4) is 0 Å². The lowest BCUT2D eigenvalue weighted by Crippen LogP contribution is -2.63. The second kappa shape index (κ2) is 12.8. The van der Waals surface area contributed by atoms with E-state index >= 15 is 0 Å². The van der Waals surface area contributed by atoms with E-state index in [2.05, 4.69) is 62.4 Å². The standard InChI is InChI=1S/C44H36O4/c1-31-19-15-16-28-36(31)44(35-26-13-6-14-27-35)38-30-18-17-29-37(38)43(2,34-24-11-5-12-25-34)39(47-41(45)32-20-7-3-8-21-32)40(44)48-42(46)33-22-9-4-10-23-33/h3-30,39-40H,1-2H3. The van der Waals surface area contributed by atoms with E-state index in [-0.39, 0.29) is 0 Å². The number of esters is 2. The fourth-order valence-corrected chi connectivity index (χ4v) is 7.56. The van der Waals surface area contributed by atoms with E-state index in [0.29, 0.717) is 11.1 Å². The van der Waals surface area contributed by atoms with E-state index in [1.165, 1.54) is 0 Å². The molecular formula is C44H36O4. The van der Waals surface area contributed by atoms with Crippen molar-refractivity contribution in [2.24, 2.45) is 0 Å². The van der Waals surface area contributed by atoms with Gasteiger partial charge in [0.15, 0.2) is 12.2 Å². The van der Waals surface area contributed by atoms with Gasteiger partial charge in [-0.15, -0.1) is 0 Å². The fourth-order valence-electron chi connectivity index (χ4n) is 7.56. The molecule has 0 saturated heterocycles. The highest BCUT2D eigenvalue weighted by Gasteiger charge is 2.63. The van der Waals surface area contributed by atoms with Gasteiger partial charge in [0.1, 0.15) is 0 Å². The summed E-state index contributed by atoms with van der Waals surface area (Å²) in [6.07, 6.45) is -1.96. The van der Waals surface area contributed by atoms with Gasteiger partial charge in [-0.3, -0.25) is 0 Å². The topological polar surface area (TPSA) is 52.6 Å². The molecule has 1 aliphatic rings. The number of hydrogen-bond acceptors (Lipinski definition) is 4. The summed E-state index contributed by atoms with van der Waals surface area (Å²) in [6, 6.07) is 54.7. The minimum Gasteiger partial charge on any atom is -0.453 e. The van der Waals surface area contributed by atoms with Crippen LogP contribution in [0.5, 0.6) is 0 Å². The first kappa shape index (κ1) is 30.9. The van der Waals surface area contributed by atoms with Gasteiger partial charge in [-0.05, 0) is 71.5 Å². The van der Waals surface area contributed by atoms with Crippen molar-refractivity contribution in [2.45, 2.75) is 36.9 Å². The molecule has 4 heteroatoms. The van der Waals surface area contributed by atoms with Crippen molar-refractivity contribution in [2.75, 3.05) is 0 Å². The van der Waals surface area contributed by atoms with Crippen LogP contribution in [-0.2, 0) is 20.3 Å². The molecule has 0 fully saturated rings. The molecule has 4 atom stereocenters. The van der Waals surface area contributed by atoms with Crippen molar-refractivity contribution < 1.29 is 19.1 Å². The zero-order valence-corrected chi connectivity index (χ0v) is 27.0. The summed E-state index contributed by atoms with van der Waals surface area (Å²) < 4.78 is 13.6. The lowest BCUT2D eigenvalue weighted by Gasteiger charge is -2.55. The third-order valence-corrected chi connectivity index (χ3v) is 9.84. The second-order valence-electron chi connectivity index (χ2n) is 12.5. The van der Waals surface area contributed by atoms with Crippen LogP contribution in [0.1, 0.15) is 61.0 Å². The quantitative estimate of drug-likeness (QED) is 0.166. The van der Waals surface area contributed by atoms with E-state index in [4.69, 9.17) is 9.47 Å². The third-order valence-electron chi connectivity index (χ3n) is 9.84. The Morgan fingerprint density at radius 1 is 0.458 bits per heavy atom. The normalized spacial score (nSPS) is 21.5. The minimum absolute atomic E-state index is 0.414. The van der Waals surface area contributed by atoms with Crippen molar-refractivity contribution in [3.63, 3.8) is 0 Å². The zero-order chi connectivity index (χ0) is 33.1. The monoisotopic (exact) mass is 628 g/mol. The van der Waals surface area contributed by atoms with Crippen LogP contribution in [-0.4, -0.2) is 24.1 Å². The summed E-state index contributed by atoms with van der Waals surface area (Å²) in [6.45, 7) is 4.18. The van der Waals surface area contributed by atoms with Crippen molar-refractivity contribution in [3.05, 3.63) is 214 Å². The maximum atomic E-state index is 14.3. The zero-order valence-electron chi connectivity index (χ0n) is 27.0. The van der Waals surface area contributed by atoms with Crippen molar-refractivity contribution in [3.8, 4) is 0 Å². The van der Waals surface area contributed by atoms with Crippen LogP contribution < -0.4 is 0 Å². The first-order valence-electron chi connectivity index (χ1n) is 16.2. The molecule has 0 heterocycles. The van der Waals surface area contributed by atoms with Crippen LogP contribution >= 0.6 is 0 Å². The highest BCUT2D eigenvalue weighted by atomic mass is 16.6. The Labute approximate surface area is 281 Å². The van der Waals surface area contributed by atoms with Gasteiger partial charge in [-0.25, -0.2) is 9.59 Å². The number of rotatable bonds is 7. The van der Waals surface area contributed by atoms with E-state index < -0.39 is 35.0 Å². The van der Waals surface area contributed by atoms with Crippen molar-refractivity contribution in [1.29, 1.82) is 0 Å². The Kier molecular flexibility index (Phi) is 8.24. The fraction of sp³-hybridized carbons (Fsp3) is 0.136. The third kappa shape index (κ3) is 5.10. The highest BCUT2D eigenvalue weighted by molar-refractivity contribution is 5.91. The predicted octanol–water partition coefficient (Wildman–Crippen LogP) is 9.10. The average molecular weight is 629 g/mol. The van der Waals surface area contributed by atoms with Crippen LogP contribution in [0.4, 0.5) is 0 Å². The molecule has 0 aliphatic heterocycles. The van der Waals surface area contributed by atoms with Gasteiger partial charge in [0.05, 0.1) is 22.0 Å². The molecule has 0 bridgehead atoms. The molecule has 6 aromatic rings. The Morgan fingerprint density at radius 2 is 0.854 bits per heavy atom. The molecule has 0 radical (unpaired) electrons. The Balaban J connectivity index is 1.60. The van der Waals surface area contributed by atoms with E-state index in [9.17, 15) is 9.59 Å². The summed E-state index contributed by atoms with van der Waals surface area (Å²) in [5.74, 6) is -0.986. The first-order chi connectivity index (χ1) is 23.5. The maximum absolute atomic E-state index is 14.3. The molecule has 4 unspecified atom stereocenters. The molecule has 1 aliphatic carbocycles. The number of carbonyl (C=O) groups excluding carboxylic acids is 2. The van der Waals surface area contributed by atoms with Gasteiger partial charge in [0.25, 0.3) is 0 Å². The van der Waals surface area contributed by atoms with Gasteiger partial charge in [0.2, 0.25) is 0 Å². The average Bonchev–Trinajstić information content (AvgIpc) is 3.15. The Bertz CT molecular complexity index is 2040. The maximum Gasteiger partial charge on any atom is 0.338 e. The number of fused-ring (bicyclic) bond motifs is 1. The van der Waals surface area contributed by atoms with Crippen LogP contribution in [0.2, 0.25) is 0 Å². The van der Waals surface area contributed by atoms with Gasteiger partial charge in [0, 0.05) is 0 Å². The molecule has 0 saturated carbocycles. The summed E-state index contributed by atoms with van der Waals surface area (Å²) >= 11 is 0. The SMILES string of the molecule is Cc1ccccc1C1(c2ccccc2)c2ccccc2C(C)(c2ccccc2)C(OC(=O)c2ccccc2)C1OC(=O)c1ccccc1. The number of ether oxygens (including phenoxy) is 2. The Hall–Kier alpha value is -5.74. The van der Waals surface area contributed by atoms with Crippen molar-refractivity contribution in [1.82, 2.24) is 0 Å². The number of aryl methyl sites for hydroxylation is 1. The van der Waals surface area contributed by atoms with Crippen LogP contribution in [0.15, 0.2) is 170 Å². The molecule has 48 heavy (non-hydrogen) atoms. The van der Waals surface area contributed by atoms with E-state index in [1.807, 2.05) is 97.1 Å². The second-order valence-corrected chi connectivity index (χ2v) is 12.5. The summed E-state index contributed by atoms with van der Waals surface area (Å²) in [4.78, 5) is 28.6. The number of carbonyl (C=O) groups is 2. The summed E-state index contributed by atoms with van der Waals surface area (Å²) in [5.41, 5.74) is 4.66. The smallest absolute Gasteiger partial charge is 0.338 e. The van der Waals surface area contributed by atoms with Crippen LogP contribution in [0.25, 0.3) is 0 Å². The van der Waals surface area contributed by atoms with E-state index in [0.717, 1.165) is 33.4 Å². The lowest BCUT2D eigenvalue weighted by molar-refractivity contribution is -0.0791. The van der Waals surface area contributed by atoms with Crippen molar-refractivity contribution >= 4 is 11.9 Å². The van der Waals surface area contributed by atoms with Gasteiger partial charge in [-0.1, -0.05) is 146 Å². The molecule has 6 aromatic carbocycles. The first-order valence-corrected chi connectivity index (χ1v) is 16.2. The van der Waals surface area contributed by atoms with E-state index in [1.54, 1.807) is 24.3 Å². The van der Waals surface area contributed by atoms with Crippen LogP contribution in [0, 0.1) is 6.92 Å². The molecule has 7 rings (SSSR count). The van der Waals surface area contributed by atoms with Gasteiger partial charge < -0.3 is 9.47 Å². The number of benzene rings is 6. The Morgan fingerprint density at radius 3 is 1.38 bits per heavy atom. The summed E-state index contributed by atoms with van der Waals surface area (Å²) in [5, 5.41) is 0. The number of hydrogen-bond donors (Lipinski definition) is 0. The van der Waals surface area contributed by atoms with Gasteiger partial charge >= 0.3 is 11.9 Å². The molecule has 0 spiro atoms. The molecule has 4 nitrogen and oxygen atoms in total. The van der Waals surface area contributed by atoms with Gasteiger partial charge in [-0.2, -0.15) is 0 Å². The minimum atomic E-state index is -1.07.